The highest BCUT2D eigenvalue weighted by Crippen LogP contribution is 2.43. The van der Waals surface area contributed by atoms with E-state index in [2.05, 4.69) is 0 Å². The standard InChI is InChI=1S/C21H21NO7S2/c1-27-19-14-16(15-20(28-2)21(19)29-3)22(30(23,24)17-10-6-4-7-11-17)31(25,26)18-12-8-5-9-13-18/h4-15H,1-3H3. The van der Waals surface area contributed by atoms with Crippen LogP contribution in [0.2, 0.25) is 0 Å². The van der Waals surface area contributed by atoms with Gasteiger partial charge in [-0.25, -0.2) is 16.8 Å². The van der Waals surface area contributed by atoms with Crippen molar-refractivity contribution in [3.05, 3.63) is 72.8 Å². The zero-order valence-corrected chi connectivity index (χ0v) is 18.7. The maximum Gasteiger partial charge on any atom is 0.277 e. The van der Waals surface area contributed by atoms with Gasteiger partial charge in [0.2, 0.25) is 5.75 Å². The molecule has 0 spiro atoms. The summed E-state index contributed by atoms with van der Waals surface area (Å²) >= 11 is 0. The Hall–Kier alpha value is -3.24. The van der Waals surface area contributed by atoms with Crippen LogP contribution in [0.25, 0.3) is 0 Å². The van der Waals surface area contributed by atoms with Gasteiger partial charge >= 0.3 is 0 Å². The number of benzene rings is 3. The summed E-state index contributed by atoms with van der Waals surface area (Å²) < 4.78 is 70.4. The topological polar surface area (TPSA) is 99.2 Å². The van der Waals surface area contributed by atoms with Crippen LogP contribution in [0.5, 0.6) is 17.2 Å². The van der Waals surface area contributed by atoms with Gasteiger partial charge in [-0.15, -0.1) is 0 Å². The first-order valence-electron chi connectivity index (χ1n) is 8.98. The van der Waals surface area contributed by atoms with Gasteiger partial charge in [0.1, 0.15) is 0 Å². The largest absolute Gasteiger partial charge is 0.493 e. The van der Waals surface area contributed by atoms with Gasteiger partial charge in [0.15, 0.2) is 11.5 Å². The molecule has 3 rings (SSSR count). The lowest BCUT2D eigenvalue weighted by Gasteiger charge is -2.25. The van der Waals surface area contributed by atoms with Crippen LogP contribution in [-0.4, -0.2) is 38.2 Å². The number of sulfonamides is 2. The molecule has 0 saturated heterocycles. The van der Waals surface area contributed by atoms with Gasteiger partial charge in [0, 0.05) is 12.1 Å². The van der Waals surface area contributed by atoms with Crippen molar-refractivity contribution in [1.29, 1.82) is 0 Å². The maximum absolute atomic E-state index is 13.5. The summed E-state index contributed by atoms with van der Waals surface area (Å²) in [5, 5.41) is 0. The monoisotopic (exact) mass is 463 g/mol. The van der Waals surface area contributed by atoms with E-state index in [0.717, 1.165) is 0 Å². The fourth-order valence-corrected chi connectivity index (χ4v) is 6.66. The molecule has 0 aliphatic rings. The number of rotatable bonds is 8. The summed E-state index contributed by atoms with van der Waals surface area (Å²) in [4.78, 5) is -0.383. The molecule has 0 aromatic heterocycles. The second-order valence-corrected chi connectivity index (χ2v) is 10.0. The minimum Gasteiger partial charge on any atom is -0.493 e. The van der Waals surface area contributed by atoms with E-state index in [1.165, 1.54) is 82.0 Å². The van der Waals surface area contributed by atoms with Gasteiger partial charge in [-0.2, -0.15) is 3.71 Å². The third kappa shape index (κ3) is 4.17. The molecule has 0 atom stereocenters. The Kier molecular flexibility index (Phi) is 6.42. The lowest BCUT2D eigenvalue weighted by atomic mass is 10.2. The highest BCUT2D eigenvalue weighted by Gasteiger charge is 2.38. The molecule has 164 valence electrons. The van der Waals surface area contributed by atoms with Crippen LogP contribution in [-0.2, 0) is 20.0 Å². The average Bonchev–Trinajstić information content (AvgIpc) is 2.79. The number of methoxy groups -OCH3 is 3. The highest BCUT2D eigenvalue weighted by atomic mass is 32.3. The Morgan fingerprint density at radius 1 is 0.613 bits per heavy atom. The molecule has 0 radical (unpaired) electrons. The Morgan fingerprint density at radius 2 is 1.00 bits per heavy atom. The number of ether oxygens (including phenoxy) is 3. The minimum atomic E-state index is -4.54. The molecule has 10 heteroatoms. The third-order valence-electron chi connectivity index (χ3n) is 4.38. The number of anilines is 1. The molecule has 31 heavy (non-hydrogen) atoms. The summed E-state index contributed by atoms with van der Waals surface area (Å²) in [6, 6.07) is 17.1. The minimum absolute atomic E-state index is 0.105. The molecular formula is C21H21NO7S2. The van der Waals surface area contributed by atoms with Gasteiger partial charge in [-0.05, 0) is 24.3 Å². The average molecular weight is 464 g/mol. The quantitative estimate of drug-likeness (QED) is 0.505. The normalized spacial score (nSPS) is 11.6. The summed E-state index contributed by atoms with van der Waals surface area (Å²) in [6.45, 7) is 0. The van der Waals surface area contributed by atoms with Gasteiger partial charge in [-0.3, -0.25) is 0 Å². The zero-order chi connectivity index (χ0) is 22.6. The molecule has 0 amide bonds. The van der Waals surface area contributed by atoms with E-state index in [-0.39, 0.29) is 32.7 Å². The van der Waals surface area contributed by atoms with Crippen molar-refractivity contribution in [2.75, 3.05) is 25.0 Å². The van der Waals surface area contributed by atoms with Crippen molar-refractivity contribution in [2.45, 2.75) is 9.79 Å². The van der Waals surface area contributed by atoms with Gasteiger partial charge in [0.05, 0.1) is 36.8 Å². The summed E-state index contributed by atoms with van der Waals surface area (Å²) in [5.41, 5.74) is -0.192. The highest BCUT2D eigenvalue weighted by molar-refractivity contribution is 8.10. The molecule has 0 aliphatic heterocycles. The predicted molar refractivity (Wildman–Crippen MR) is 116 cm³/mol. The van der Waals surface area contributed by atoms with Gasteiger partial charge < -0.3 is 14.2 Å². The molecule has 0 saturated carbocycles. The Bertz CT molecular complexity index is 1170. The first-order valence-corrected chi connectivity index (χ1v) is 11.9. The van der Waals surface area contributed by atoms with Gasteiger partial charge in [0.25, 0.3) is 20.0 Å². The van der Waals surface area contributed by atoms with E-state index in [4.69, 9.17) is 14.2 Å². The Labute approximate surface area is 181 Å². The molecule has 0 unspecified atom stereocenters. The number of nitrogens with zero attached hydrogens (tertiary/aromatic N) is 1. The van der Waals surface area contributed by atoms with Crippen molar-refractivity contribution in [3.63, 3.8) is 0 Å². The van der Waals surface area contributed by atoms with Crippen molar-refractivity contribution in [3.8, 4) is 17.2 Å². The van der Waals surface area contributed by atoms with Crippen LogP contribution in [0.4, 0.5) is 5.69 Å². The van der Waals surface area contributed by atoms with Crippen LogP contribution >= 0.6 is 0 Å². The molecule has 8 nitrogen and oxygen atoms in total. The van der Waals surface area contributed by atoms with Crippen molar-refractivity contribution < 1.29 is 31.0 Å². The summed E-state index contributed by atoms with van der Waals surface area (Å²) in [6.07, 6.45) is 0. The first kappa shape index (κ1) is 22.4. The van der Waals surface area contributed by atoms with E-state index >= 15 is 0 Å². The molecule has 0 aliphatic carbocycles. The fraction of sp³-hybridized carbons (Fsp3) is 0.143. The van der Waals surface area contributed by atoms with E-state index in [9.17, 15) is 16.8 Å². The molecular weight excluding hydrogens is 442 g/mol. The molecule has 3 aromatic rings. The zero-order valence-electron chi connectivity index (χ0n) is 17.0. The Balaban J connectivity index is 2.36. The van der Waals surface area contributed by atoms with E-state index in [1.54, 1.807) is 12.1 Å². The molecule has 0 bridgehead atoms. The van der Waals surface area contributed by atoms with Crippen molar-refractivity contribution in [2.24, 2.45) is 0 Å². The lowest BCUT2D eigenvalue weighted by Crippen LogP contribution is -2.37. The van der Waals surface area contributed by atoms with Crippen LogP contribution in [0.3, 0.4) is 0 Å². The van der Waals surface area contributed by atoms with Crippen LogP contribution in [0.15, 0.2) is 82.6 Å². The predicted octanol–water partition coefficient (Wildman–Crippen LogP) is 3.30. The van der Waals surface area contributed by atoms with E-state index < -0.39 is 20.0 Å². The second-order valence-electron chi connectivity index (χ2n) is 6.22. The van der Waals surface area contributed by atoms with Crippen LogP contribution in [0, 0.1) is 0 Å². The van der Waals surface area contributed by atoms with E-state index in [0.29, 0.717) is 3.71 Å². The molecule has 0 fully saturated rings. The first-order chi connectivity index (χ1) is 14.8. The number of hydrogen-bond donors (Lipinski definition) is 0. The van der Waals surface area contributed by atoms with Crippen LogP contribution < -0.4 is 17.9 Å². The third-order valence-corrected chi connectivity index (χ3v) is 8.59. The van der Waals surface area contributed by atoms with Crippen LogP contribution in [0.1, 0.15) is 0 Å². The van der Waals surface area contributed by atoms with Gasteiger partial charge in [-0.1, -0.05) is 36.4 Å². The van der Waals surface area contributed by atoms with E-state index in [1.807, 2.05) is 0 Å². The molecule has 0 N–H and O–H groups in total. The summed E-state index contributed by atoms with van der Waals surface area (Å²) in [7, 11) is -4.98. The Morgan fingerprint density at radius 3 is 1.32 bits per heavy atom. The fourth-order valence-electron chi connectivity index (χ4n) is 2.96. The van der Waals surface area contributed by atoms with Crippen molar-refractivity contribution >= 4 is 25.7 Å². The van der Waals surface area contributed by atoms with Crippen molar-refractivity contribution in [1.82, 2.24) is 0 Å². The lowest BCUT2D eigenvalue weighted by molar-refractivity contribution is 0.324. The second kappa shape index (κ2) is 8.86. The smallest absolute Gasteiger partial charge is 0.277 e. The maximum atomic E-state index is 13.5. The SMILES string of the molecule is COc1cc(N(S(=O)(=O)c2ccccc2)S(=O)(=O)c2ccccc2)cc(OC)c1OC. The molecule has 0 heterocycles. The number of hydrogen-bond acceptors (Lipinski definition) is 7. The molecule has 3 aromatic carbocycles. The summed E-state index contributed by atoms with van der Waals surface area (Å²) in [5.74, 6) is 0.407.